The number of hydrogen-bond donors (Lipinski definition) is 0. The molecule has 0 amide bonds. The number of benzene rings is 2. The molecule has 0 aromatic heterocycles. The van der Waals surface area contributed by atoms with E-state index in [1.54, 1.807) is 0 Å². The van der Waals surface area contributed by atoms with Gasteiger partial charge in [-0.25, -0.2) is 0 Å². The molecule has 1 spiro atoms. The summed E-state index contributed by atoms with van der Waals surface area (Å²) < 4.78 is 0.607. The minimum Gasteiger partial charge on any atom is -0.141 e. The zero-order valence-electron chi connectivity index (χ0n) is 16.5. The molecule has 0 aliphatic carbocycles. The van der Waals surface area contributed by atoms with E-state index in [-0.39, 0.29) is 15.6 Å². The molecule has 2 aromatic carbocycles. The smallest absolute Gasteiger partial charge is 0.0813 e. The van der Waals surface area contributed by atoms with Gasteiger partial charge in [0.2, 0.25) is 0 Å². The molecule has 26 heavy (non-hydrogen) atoms. The van der Waals surface area contributed by atoms with Gasteiger partial charge in [-0.3, -0.25) is 0 Å². The predicted molar refractivity (Wildman–Crippen MR) is 119 cm³/mol. The van der Waals surface area contributed by atoms with Crippen LogP contribution in [0.3, 0.4) is 0 Å². The highest BCUT2D eigenvalue weighted by Crippen LogP contribution is 2.70. The SMILES string of the molecule is CC(C)(C)C1SC(C(C)(C)C)C2(S1)c1ccccc1Sc1ccccc12. The highest BCUT2D eigenvalue weighted by molar-refractivity contribution is 8.21. The van der Waals surface area contributed by atoms with Crippen molar-refractivity contribution in [2.45, 2.75) is 65.9 Å². The van der Waals surface area contributed by atoms with Gasteiger partial charge in [-0.15, -0.1) is 23.5 Å². The van der Waals surface area contributed by atoms with Gasteiger partial charge in [0.25, 0.3) is 0 Å². The summed E-state index contributed by atoms with van der Waals surface area (Å²) in [7, 11) is 0. The van der Waals surface area contributed by atoms with Gasteiger partial charge in [0.1, 0.15) is 0 Å². The van der Waals surface area contributed by atoms with Crippen LogP contribution in [-0.2, 0) is 4.75 Å². The lowest BCUT2D eigenvalue weighted by Gasteiger charge is -2.45. The minimum atomic E-state index is 0.0271. The number of hydrogen-bond acceptors (Lipinski definition) is 3. The van der Waals surface area contributed by atoms with E-state index in [2.05, 4.69) is 114 Å². The van der Waals surface area contributed by atoms with Crippen molar-refractivity contribution in [2.75, 3.05) is 0 Å². The van der Waals surface area contributed by atoms with Gasteiger partial charge in [-0.05, 0) is 34.1 Å². The fourth-order valence-electron chi connectivity index (χ4n) is 4.07. The van der Waals surface area contributed by atoms with Crippen molar-refractivity contribution >= 4 is 35.3 Å². The van der Waals surface area contributed by atoms with Crippen LogP contribution in [0.4, 0.5) is 0 Å². The molecule has 4 rings (SSSR count). The average Bonchev–Trinajstić information content (AvgIpc) is 2.97. The average molecular weight is 401 g/mol. The monoisotopic (exact) mass is 400 g/mol. The fraction of sp³-hybridized carbons (Fsp3) is 0.478. The van der Waals surface area contributed by atoms with Gasteiger partial charge in [-0.1, -0.05) is 89.7 Å². The predicted octanol–water partition coefficient (Wildman–Crippen LogP) is 7.66. The molecule has 2 aliphatic heterocycles. The summed E-state index contributed by atoms with van der Waals surface area (Å²) in [5.41, 5.74) is 3.54. The van der Waals surface area contributed by atoms with E-state index >= 15 is 0 Å². The van der Waals surface area contributed by atoms with Crippen molar-refractivity contribution in [3.63, 3.8) is 0 Å². The van der Waals surface area contributed by atoms with Crippen LogP contribution >= 0.6 is 35.3 Å². The molecule has 3 heteroatoms. The summed E-state index contributed by atoms with van der Waals surface area (Å²) in [5.74, 6) is 0. The van der Waals surface area contributed by atoms with Crippen molar-refractivity contribution in [3.8, 4) is 0 Å². The maximum atomic E-state index is 2.42. The van der Waals surface area contributed by atoms with Crippen molar-refractivity contribution in [1.82, 2.24) is 0 Å². The summed E-state index contributed by atoms with van der Waals surface area (Å²) in [4.78, 5) is 2.87. The Kier molecular flexibility index (Phi) is 4.53. The highest BCUT2D eigenvalue weighted by atomic mass is 32.2. The summed E-state index contributed by atoms with van der Waals surface area (Å²) in [6, 6.07) is 18.2. The lowest BCUT2D eigenvalue weighted by molar-refractivity contribution is 0.356. The van der Waals surface area contributed by atoms with Crippen LogP contribution in [0.15, 0.2) is 58.3 Å². The Morgan fingerprint density at radius 3 is 1.69 bits per heavy atom. The van der Waals surface area contributed by atoms with Crippen LogP contribution in [0.2, 0.25) is 0 Å². The van der Waals surface area contributed by atoms with E-state index in [1.807, 2.05) is 11.8 Å². The number of rotatable bonds is 0. The highest BCUT2D eigenvalue weighted by Gasteiger charge is 2.59. The normalized spacial score (nSPS) is 24.4. The Morgan fingerprint density at radius 1 is 0.731 bits per heavy atom. The number of fused-ring (bicyclic) bond motifs is 4. The zero-order chi connectivity index (χ0) is 18.7. The summed E-state index contributed by atoms with van der Waals surface area (Å²) in [6.07, 6.45) is 0. The molecule has 1 fully saturated rings. The first-order valence-corrected chi connectivity index (χ1v) is 12.0. The van der Waals surface area contributed by atoms with E-state index in [0.717, 1.165) is 0 Å². The quantitative estimate of drug-likeness (QED) is 0.445. The maximum absolute atomic E-state index is 2.42. The molecule has 2 aliphatic rings. The third-order valence-corrected chi connectivity index (χ3v) is 11.4. The van der Waals surface area contributed by atoms with Crippen LogP contribution in [0, 0.1) is 10.8 Å². The molecule has 0 nitrogen and oxygen atoms in total. The van der Waals surface area contributed by atoms with Gasteiger partial charge < -0.3 is 0 Å². The van der Waals surface area contributed by atoms with Crippen molar-refractivity contribution in [3.05, 3.63) is 59.7 Å². The molecule has 2 aromatic rings. The Hall–Kier alpha value is -0.510. The molecule has 2 heterocycles. The Morgan fingerprint density at radius 2 is 1.23 bits per heavy atom. The molecular formula is C23H28S3. The second-order valence-corrected chi connectivity index (χ2v) is 13.5. The lowest BCUT2D eigenvalue weighted by atomic mass is 9.76. The van der Waals surface area contributed by atoms with Gasteiger partial charge in [0, 0.05) is 15.0 Å². The van der Waals surface area contributed by atoms with E-state index in [0.29, 0.717) is 9.83 Å². The van der Waals surface area contributed by atoms with E-state index in [4.69, 9.17) is 0 Å². The third kappa shape index (κ3) is 2.86. The largest absolute Gasteiger partial charge is 0.141 e. The van der Waals surface area contributed by atoms with Crippen LogP contribution in [0.1, 0.15) is 52.7 Å². The van der Waals surface area contributed by atoms with Gasteiger partial charge >= 0.3 is 0 Å². The van der Waals surface area contributed by atoms with Crippen molar-refractivity contribution in [1.29, 1.82) is 0 Å². The molecular weight excluding hydrogens is 372 g/mol. The molecule has 0 N–H and O–H groups in total. The first kappa shape index (κ1) is 18.8. The van der Waals surface area contributed by atoms with E-state index in [9.17, 15) is 0 Å². The zero-order valence-corrected chi connectivity index (χ0v) is 18.9. The molecule has 0 saturated carbocycles. The van der Waals surface area contributed by atoms with Gasteiger partial charge in [0.15, 0.2) is 0 Å². The lowest BCUT2D eigenvalue weighted by Crippen LogP contribution is -2.42. The van der Waals surface area contributed by atoms with E-state index in [1.165, 1.54) is 20.9 Å². The molecule has 0 radical (unpaired) electrons. The second-order valence-electron chi connectivity index (χ2n) is 9.53. The maximum Gasteiger partial charge on any atom is 0.0813 e. The molecule has 1 saturated heterocycles. The first-order chi connectivity index (χ1) is 12.1. The molecule has 2 atom stereocenters. The number of thioether (sulfide) groups is 2. The Balaban J connectivity index is 2.01. The Bertz CT molecular complexity index is 780. The van der Waals surface area contributed by atoms with Crippen molar-refractivity contribution < 1.29 is 0 Å². The van der Waals surface area contributed by atoms with Crippen LogP contribution in [0.5, 0.6) is 0 Å². The third-order valence-electron chi connectivity index (χ3n) is 5.21. The fourth-order valence-corrected chi connectivity index (χ4v) is 10.0. The minimum absolute atomic E-state index is 0.0271. The van der Waals surface area contributed by atoms with E-state index < -0.39 is 0 Å². The van der Waals surface area contributed by atoms with Gasteiger partial charge in [0.05, 0.1) is 9.33 Å². The van der Waals surface area contributed by atoms with Crippen LogP contribution < -0.4 is 0 Å². The Labute approximate surface area is 171 Å². The standard InChI is InChI=1S/C23H28S3/c1-21(2,3)19-23(26-20(25-19)22(4,5)6)15-11-7-9-13-17(15)24-18-14-10-8-12-16(18)23/h7-14,19-20H,1-6H3. The van der Waals surface area contributed by atoms with Crippen LogP contribution in [0.25, 0.3) is 0 Å². The van der Waals surface area contributed by atoms with Crippen LogP contribution in [-0.4, -0.2) is 9.83 Å². The summed E-state index contributed by atoms with van der Waals surface area (Å²) in [5, 5.41) is 0.535. The molecule has 2 unspecified atom stereocenters. The summed E-state index contributed by atoms with van der Waals surface area (Å²) >= 11 is 6.36. The van der Waals surface area contributed by atoms with Crippen molar-refractivity contribution in [2.24, 2.45) is 10.8 Å². The summed E-state index contributed by atoms with van der Waals surface area (Å²) in [6.45, 7) is 14.4. The second kappa shape index (κ2) is 6.25. The van der Waals surface area contributed by atoms with Gasteiger partial charge in [-0.2, -0.15) is 0 Å². The topological polar surface area (TPSA) is 0 Å². The molecule has 0 bridgehead atoms. The molecule has 138 valence electrons. The first-order valence-electron chi connectivity index (χ1n) is 9.34.